The molecule has 12 heteroatoms. The Morgan fingerprint density at radius 1 is 1.24 bits per heavy atom. The summed E-state index contributed by atoms with van der Waals surface area (Å²) in [6.07, 6.45) is 15.4. The maximum absolute atomic E-state index is 13.1. The highest BCUT2D eigenvalue weighted by molar-refractivity contribution is 6.07. The molecule has 1 aromatic rings. The molecule has 3 fully saturated rings. The Labute approximate surface area is 287 Å². The number of carbonyl (C=O) groups excluding carboxylic acids is 2. The van der Waals surface area contributed by atoms with Crippen LogP contribution in [0.4, 0.5) is 5.95 Å². The number of cyclic esters (lactones) is 1. The van der Waals surface area contributed by atoms with Gasteiger partial charge in [-0.3, -0.25) is 9.79 Å². The van der Waals surface area contributed by atoms with E-state index in [1.54, 1.807) is 36.8 Å². The van der Waals surface area contributed by atoms with Gasteiger partial charge in [0.2, 0.25) is 5.95 Å². The third-order valence-electron chi connectivity index (χ3n) is 11.6. The first-order valence-electron chi connectivity index (χ1n) is 17.3. The third kappa shape index (κ3) is 6.84. The number of aromatic nitrogens is 2. The van der Waals surface area contributed by atoms with Gasteiger partial charge in [-0.2, -0.15) is 0 Å². The molecule has 0 radical (unpaired) electrons. The van der Waals surface area contributed by atoms with Crippen LogP contribution in [0.3, 0.4) is 0 Å². The second kappa shape index (κ2) is 14.2. The number of hydrogen-bond donors (Lipinski definition) is 4. The maximum atomic E-state index is 13.1. The molecule has 4 heterocycles. The Kier molecular flexibility index (Phi) is 10.1. The molecule has 5 unspecified atom stereocenters. The number of aliphatic hydroxyl groups excluding tert-OH is 3. The minimum Gasteiger partial charge on any atom is -0.423 e. The van der Waals surface area contributed by atoms with E-state index in [0.717, 1.165) is 25.0 Å². The lowest BCUT2D eigenvalue weighted by atomic mass is 9.45. The van der Waals surface area contributed by atoms with E-state index in [0.29, 0.717) is 54.5 Å². The zero-order chi connectivity index (χ0) is 34.9. The lowest BCUT2D eigenvalue weighted by Gasteiger charge is -2.61. The lowest BCUT2D eigenvalue weighted by molar-refractivity contribution is -0.149. The average molecular weight is 673 g/mol. The summed E-state index contributed by atoms with van der Waals surface area (Å²) in [5, 5.41) is 34.9. The van der Waals surface area contributed by atoms with Gasteiger partial charge >= 0.3 is 5.97 Å². The van der Waals surface area contributed by atoms with E-state index < -0.39 is 23.5 Å². The molecule has 1 saturated heterocycles. The molecule has 1 aromatic heterocycles. The number of anilines is 1. The summed E-state index contributed by atoms with van der Waals surface area (Å²) in [6.45, 7) is 11.7. The maximum Gasteiger partial charge on any atom is 0.343 e. The van der Waals surface area contributed by atoms with Crippen LogP contribution in [0, 0.1) is 22.7 Å². The van der Waals surface area contributed by atoms with Crippen molar-refractivity contribution in [2.75, 3.05) is 31.2 Å². The van der Waals surface area contributed by atoms with Crippen LogP contribution in [-0.4, -0.2) is 99.6 Å². The molecule has 0 amide bonds. The summed E-state index contributed by atoms with van der Waals surface area (Å²) < 4.78 is 5.58. The molecule has 49 heavy (non-hydrogen) atoms. The molecule has 6 rings (SSSR count). The van der Waals surface area contributed by atoms with E-state index in [-0.39, 0.29) is 54.8 Å². The molecule has 2 saturated carbocycles. The number of ether oxygens (including phenoxy) is 1. The summed E-state index contributed by atoms with van der Waals surface area (Å²) in [5.41, 5.74) is 0.833. The second-order valence-corrected chi connectivity index (χ2v) is 14.6. The SMILES string of the molecule is C=C1C(NC(C)C(=O)CC2=NCC=N2)CC2[C@](C)(CC[C@@H](O)[C@@]2(C)CO)C1/C=C/C1=CC(=C\c2cnc(N3CCCC3CO)nc2)/OC1=O. The number of aliphatic hydroxyl groups is 3. The summed E-state index contributed by atoms with van der Waals surface area (Å²) in [6, 6.07) is -0.740. The summed E-state index contributed by atoms with van der Waals surface area (Å²) in [4.78, 5) is 45.5. The van der Waals surface area contributed by atoms with Gasteiger partial charge < -0.3 is 30.3 Å². The van der Waals surface area contributed by atoms with Crippen molar-refractivity contribution in [1.29, 1.82) is 0 Å². The fourth-order valence-electron chi connectivity index (χ4n) is 8.55. The molecule has 5 aliphatic rings. The number of hydrogen-bond acceptors (Lipinski definition) is 12. The Morgan fingerprint density at radius 3 is 2.71 bits per heavy atom. The van der Waals surface area contributed by atoms with Crippen molar-refractivity contribution < 1.29 is 29.6 Å². The van der Waals surface area contributed by atoms with E-state index in [1.165, 1.54) is 0 Å². The van der Waals surface area contributed by atoms with Crippen molar-refractivity contribution in [2.24, 2.45) is 32.7 Å². The van der Waals surface area contributed by atoms with Crippen molar-refractivity contribution in [3.8, 4) is 0 Å². The number of nitrogens with one attached hydrogen (secondary N) is 1. The summed E-state index contributed by atoms with van der Waals surface area (Å²) in [7, 11) is 0. The molecule has 3 aliphatic heterocycles. The molecule has 8 atom stereocenters. The number of aliphatic imine (C=N–C) groups is 2. The predicted molar refractivity (Wildman–Crippen MR) is 187 cm³/mol. The standard InChI is InChI=1S/C37H48N6O6/c1-22-28(8-7-25-15-27(49-34(25)48)14-24-18-40-35(41-19-24)43-13-5-6-26(43)20-44)36(3)10-9-32(47)37(4,21-45)31(36)16-29(22)42-23(2)30(46)17-33-38-11-12-39-33/h7-8,11,14-15,18-19,23,26,28-29,31-32,42,44-45,47H,1,5-6,9-10,12-13,16-17,20-21H2,2-4H3/b8-7+,27-14+/t23?,26?,28?,29?,31?,32-,36-,37+/m1/s1. The van der Waals surface area contributed by atoms with E-state index in [9.17, 15) is 24.9 Å². The van der Waals surface area contributed by atoms with Crippen LogP contribution in [0.5, 0.6) is 0 Å². The van der Waals surface area contributed by atoms with Crippen LogP contribution in [-0.2, 0) is 14.3 Å². The van der Waals surface area contributed by atoms with Gasteiger partial charge in [0.15, 0.2) is 5.78 Å². The first-order valence-corrected chi connectivity index (χ1v) is 17.3. The van der Waals surface area contributed by atoms with Gasteiger partial charge in [0.05, 0.1) is 49.9 Å². The van der Waals surface area contributed by atoms with Crippen LogP contribution < -0.4 is 10.2 Å². The van der Waals surface area contributed by atoms with Crippen LogP contribution >= 0.6 is 0 Å². The first-order chi connectivity index (χ1) is 23.5. The van der Waals surface area contributed by atoms with Crippen LogP contribution in [0.25, 0.3) is 6.08 Å². The molecule has 262 valence electrons. The fourth-order valence-corrected chi connectivity index (χ4v) is 8.55. The highest BCUT2D eigenvalue weighted by Crippen LogP contribution is 2.61. The zero-order valence-corrected chi connectivity index (χ0v) is 28.6. The number of esters is 1. The summed E-state index contributed by atoms with van der Waals surface area (Å²) >= 11 is 0. The number of Topliss-reactive ketones (excluding diaryl/α,β-unsaturated/α-hetero) is 1. The monoisotopic (exact) mass is 672 g/mol. The quantitative estimate of drug-likeness (QED) is 0.203. The number of rotatable bonds is 11. The topological polar surface area (TPSA) is 170 Å². The number of allylic oxidation sites excluding steroid dienone is 2. The Bertz CT molecular complexity index is 1620. The number of nitrogens with zero attached hydrogens (tertiary/aromatic N) is 5. The van der Waals surface area contributed by atoms with Gasteiger partial charge in [-0.05, 0) is 62.5 Å². The molecular weight excluding hydrogens is 624 g/mol. The number of carbonyl (C=O) groups is 2. The van der Waals surface area contributed by atoms with Crippen molar-refractivity contribution in [2.45, 2.75) is 83.5 Å². The largest absolute Gasteiger partial charge is 0.423 e. The zero-order valence-electron chi connectivity index (χ0n) is 28.6. The van der Waals surface area contributed by atoms with Gasteiger partial charge in [0.25, 0.3) is 0 Å². The number of ketones is 1. The third-order valence-corrected chi connectivity index (χ3v) is 11.6. The Hall–Kier alpha value is -3.84. The normalized spacial score (nSPS) is 34.4. The molecule has 4 N–H and O–H groups in total. The second-order valence-electron chi connectivity index (χ2n) is 14.6. The molecule has 0 bridgehead atoms. The average Bonchev–Trinajstić information content (AvgIpc) is 3.86. The van der Waals surface area contributed by atoms with Crippen molar-refractivity contribution in [1.82, 2.24) is 15.3 Å². The molecular formula is C37H48N6O6. The molecule has 2 aliphatic carbocycles. The van der Waals surface area contributed by atoms with Gasteiger partial charge in [-0.15, -0.1) is 0 Å². The lowest BCUT2D eigenvalue weighted by Crippen LogP contribution is -2.61. The van der Waals surface area contributed by atoms with Gasteiger partial charge in [0, 0.05) is 48.1 Å². The van der Waals surface area contributed by atoms with E-state index >= 15 is 0 Å². The van der Waals surface area contributed by atoms with Crippen molar-refractivity contribution >= 4 is 35.8 Å². The van der Waals surface area contributed by atoms with Gasteiger partial charge in [-0.1, -0.05) is 38.2 Å². The minimum absolute atomic E-state index is 0.0234. The minimum atomic E-state index is -0.757. The highest BCUT2D eigenvalue weighted by atomic mass is 16.5. The summed E-state index contributed by atoms with van der Waals surface area (Å²) in [5.74, 6) is 0.652. The fraction of sp³-hybridized carbons (Fsp3) is 0.568. The van der Waals surface area contributed by atoms with E-state index in [4.69, 9.17) is 4.74 Å². The van der Waals surface area contributed by atoms with Crippen molar-refractivity contribution in [3.05, 3.63) is 59.7 Å². The van der Waals surface area contributed by atoms with E-state index in [2.05, 4.69) is 38.8 Å². The predicted octanol–water partition coefficient (Wildman–Crippen LogP) is 2.96. The smallest absolute Gasteiger partial charge is 0.343 e. The first kappa shape index (κ1) is 35.0. The van der Waals surface area contributed by atoms with Crippen molar-refractivity contribution in [3.63, 3.8) is 0 Å². The van der Waals surface area contributed by atoms with Crippen LogP contribution in [0.1, 0.15) is 64.9 Å². The molecule has 0 spiro atoms. The Balaban J connectivity index is 1.23. The van der Waals surface area contributed by atoms with Crippen LogP contribution in [0.15, 0.2) is 64.1 Å². The van der Waals surface area contributed by atoms with Gasteiger partial charge in [0.1, 0.15) is 11.6 Å². The highest BCUT2D eigenvalue weighted by Gasteiger charge is 2.59. The Morgan fingerprint density at radius 2 is 2.02 bits per heavy atom. The molecule has 0 aromatic carbocycles. The van der Waals surface area contributed by atoms with Crippen LogP contribution in [0.2, 0.25) is 0 Å². The number of amidine groups is 1. The van der Waals surface area contributed by atoms with E-state index in [1.807, 2.05) is 24.8 Å². The van der Waals surface area contributed by atoms with Gasteiger partial charge in [-0.25, -0.2) is 19.8 Å². The number of fused-ring (bicyclic) bond motifs is 1. The molecule has 12 nitrogen and oxygen atoms in total.